The van der Waals surface area contributed by atoms with Crippen LogP contribution in [0.4, 0.5) is 0 Å². The van der Waals surface area contributed by atoms with Crippen LogP contribution in [0.5, 0.6) is 0 Å². The molecule has 4 atom stereocenters. The van der Waals surface area contributed by atoms with Gasteiger partial charge in [-0.25, -0.2) is 0 Å². The van der Waals surface area contributed by atoms with E-state index in [4.69, 9.17) is 15.0 Å². The highest BCUT2D eigenvalue weighted by molar-refractivity contribution is 5.75. The normalized spacial score (nSPS) is 23.9. The van der Waals surface area contributed by atoms with Crippen molar-refractivity contribution in [2.45, 2.75) is 52.7 Å². The molecule has 0 aromatic heterocycles. The summed E-state index contributed by atoms with van der Waals surface area (Å²) < 4.78 is 10.2. The maximum atomic E-state index is 11.9. The summed E-state index contributed by atoms with van der Waals surface area (Å²) in [4.78, 5) is 26.6. The van der Waals surface area contributed by atoms with Crippen LogP contribution < -0.4 is 0 Å². The topological polar surface area (TPSA) is 101 Å². The van der Waals surface area contributed by atoms with E-state index in [1.54, 1.807) is 0 Å². The van der Waals surface area contributed by atoms with Gasteiger partial charge in [0.25, 0.3) is 0 Å². The van der Waals surface area contributed by atoms with Crippen LogP contribution >= 0.6 is 0 Å². The summed E-state index contributed by atoms with van der Waals surface area (Å²) >= 11 is 0. The molecule has 0 N–H and O–H groups in total. The van der Waals surface area contributed by atoms with Gasteiger partial charge in [-0.3, -0.25) is 9.59 Å². The number of hydrogen-bond donors (Lipinski definition) is 0. The number of azide groups is 1. The van der Waals surface area contributed by atoms with Crippen molar-refractivity contribution in [3.05, 3.63) is 10.4 Å². The summed E-state index contributed by atoms with van der Waals surface area (Å²) in [6.07, 6.45) is 0.366. The van der Waals surface area contributed by atoms with Gasteiger partial charge in [-0.05, 0) is 30.2 Å². The average Bonchev–Trinajstić information content (AvgIpc) is 2.84. The van der Waals surface area contributed by atoms with E-state index in [0.29, 0.717) is 12.8 Å². The molecule has 0 bridgehead atoms. The molecule has 124 valence electrons. The Morgan fingerprint density at radius 1 is 1.45 bits per heavy atom. The molecule has 0 aromatic carbocycles. The second-order valence-corrected chi connectivity index (χ2v) is 6.44. The predicted molar refractivity (Wildman–Crippen MR) is 80.7 cm³/mol. The molecular formula is C15H25N3O4. The van der Waals surface area contributed by atoms with E-state index in [1.807, 2.05) is 27.7 Å². The van der Waals surface area contributed by atoms with Crippen molar-refractivity contribution in [2.75, 3.05) is 7.11 Å². The Morgan fingerprint density at radius 2 is 2.09 bits per heavy atom. The first-order chi connectivity index (χ1) is 10.3. The van der Waals surface area contributed by atoms with Gasteiger partial charge in [0.05, 0.1) is 25.0 Å². The highest BCUT2D eigenvalue weighted by Crippen LogP contribution is 2.33. The number of carbonyl (C=O) groups excluding carboxylic acids is 2. The fraction of sp³-hybridized carbons (Fsp3) is 0.867. The van der Waals surface area contributed by atoms with Crippen LogP contribution in [-0.2, 0) is 19.1 Å². The molecule has 1 fully saturated rings. The fourth-order valence-electron chi connectivity index (χ4n) is 2.80. The molecule has 0 radical (unpaired) electrons. The number of carbonyl (C=O) groups is 2. The van der Waals surface area contributed by atoms with E-state index in [-0.39, 0.29) is 29.7 Å². The Hall–Kier alpha value is -1.75. The molecule has 0 aromatic rings. The highest BCUT2D eigenvalue weighted by atomic mass is 16.6. The average molecular weight is 311 g/mol. The van der Waals surface area contributed by atoms with Crippen molar-refractivity contribution in [3.63, 3.8) is 0 Å². The monoisotopic (exact) mass is 311 g/mol. The summed E-state index contributed by atoms with van der Waals surface area (Å²) in [5.41, 5.74) is 8.79. The molecule has 7 nitrogen and oxygen atoms in total. The number of cyclic esters (lactones) is 1. The lowest BCUT2D eigenvalue weighted by atomic mass is 9.85. The molecule has 0 saturated carbocycles. The summed E-state index contributed by atoms with van der Waals surface area (Å²) in [7, 11) is 1.34. The van der Waals surface area contributed by atoms with Crippen molar-refractivity contribution >= 4 is 11.9 Å². The molecule has 0 aliphatic carbocycles. The van der Waals surface area contributed by atoms with Crippen molar-refractivity contribution < 1.29 is 19.1 Å². The van der Waals surface area contributed by atoms with Crippen molar-refractivity contribution in [2.24, 2.45) is 28.8 Å². The highest BCUT2D eigenvalue weighted by Gasteiger charge is 2.41. The van der Waals surface area contributed by atoms with Gasteiger partial charge in [-0.15, -0.1) is 0 Å². The first-order valence-electron chi connectivity index (χ1n) is 7.64. The molecule has 1 heterocycles. The van der Waals surface area contributed by atoms with Gasteiger partial charge in [-0.1, -0.05) is 32.8 Å². The largest absolute Gasteiger partial charge is 0.469 e. The Balaban J connectivity index is 2.88. The molecule has 22 heavy (non-hydrogen) atoms. The van der Waals surface area contributed by atoms with Gasteiger partial charge in [-0.2, -0.15) is 0 Å². The van der Waals surface area contributed by atoms with Gasteiger partial charge in [0, 0.05) is 4.91 Å². The molecule has 1 aliphatic heterocycles. The number of nitrogens with zero attached hydrogens (tertiary/aromatic N) is 3. The first kappa shape index (κ1) is 18.3. The maximum Gasteiger partial charge on any atom is 0.309 e. The van der Waals surface area contributed by atoms with Gasteiger partial charge < -0.3 is 9.47 Å². The lowest BCUT2D eigenvalue weighted by Gasteiger charge is -2.24. The van der Waals surface area contributed by atoms with Crippen molar-refractivity contribution in [1.82, 2.24) is 0 Å². The smallest absolute Gasteiger partial charge is 0.309 e. The van der Waals surface area contributed by atoms with E-state index < -0.39 is 18.1 Å². The van der Waals surface area contributed by atoms with Crippen molar-refractivity contribution in [3.8, 4) is 0 Å². The van der Waals surface area contributed by atoms with Crippen LogP contribution in [0.15, 0.2) is 5.11 Å². The molecule has 0 spiro atoms. The van der Waals surface area contributed by atoms with E-state index in [0.717, 1.165) is 0 Å². The number of rotatable bonds is 7. The molecule has 0 amide bonds. The maximum absolute atomic E-state index is 11.9. The number of methoxy groups -OCH3 is 1. The minimum Gasteiger partial charge on any atom is -0.469 e. The second kappa shape index (κ2) is 8.03. The van der Waals surface area contributed by atoms with Gasteiger partial charge in [0.1, 0.15) is 6.10 Å². The molecule has 1 saturated heterocycles. The van der Waals surface area contributed by atoms with E-state index >= 15 is 0 Å². The van der Waals surface area contributed by atoms with Crippen LogP contribution in [0, 0.1) is 23.7 Å². The first-order valence-corrected chi connectivity index (χ1v) is 7.64. The Labute approximate surface area is 131 Å². The van der Waals surface area contributed by atoms with Gasteiger partial charge >= 0.3 is 11.9 Å². The molecular weight excluding hydrogens is 286 g/mol. The van der Waals surface area contributed by atoms with E-state index in [2.05, 4.69) is 10.0 Å². The SMILES string of the molecule is COC(=O)[C@@H](C[C@H](N=[N+]=[N-])[C@@H]1CC(C(C)C)C(=O)O1)C(C)C. The minimum absolute atomic E-state index is 0.0434. The Kier molecular flexibility index (Phi) is 6.68. The predicted octanol–water partition coefficient (Wildman–Crippen LogP) is 3.09. The molecule has 1 unspecified atom stereocenters. The third kappa shape index (κ3) is 4.37. The van der Waals surface area contributed by atoms with Crippen LogP contribution in [0.1, 0.15) is 40.5 Å². The van der Waals surface area contributed by atoms with Crippen molar-refractivity contribution in [1.29, 1.82) is 0 Å². The summed E-state index contributed by atoms with van der Waals surface area (Å²) in [5.74, 6) is -0.947. The number of ether oxygens (including phenoxy) is 2. The van der Waals surface area contributed by atoms with Crippen LogP contribution in [0.2, 0.25) is 0 Å². The third-order valence-corrected chi connectivity index (χ3v) is 4.29. The number of hydrogen-bond acceptors (Lipinski definition) is 5. The third-order valence-electron chi connectivity index (χ3n) is 4.29. The number of esters is 2. The molecule has 1 aliphatic rings. The van der Waals surface area contributed by atoms with E-state index in [1.165, 1.54) is 7.11 Å². The zero-order chi connectivity index (χ0) is 16.9. The Bertz CT molecular complexity index is 458. The lowest BCUT2D eigenvalue weighted by Crippen LogP contribution is -2.32. The van der Waals surface area contributed by atoms with Gasteiger partial charge in [0.2, 0.25) is 0 Å². The fourth-order valence-corrected chi connectivity index (χ4v) is 2.80. The zero-order valence-electron chi connectivity index (χ0n) is 13.9. The summed E-state index contributed by atoms with van der Waals surface area (Å²) in [5, 5.41) is 3.77. The summed E-state index contributed by atoms with van der Waals surface area (Å²) in [6.45, 7) is 7.74. The van der Waals surface area contributed by atoms with Gasteiger partial charge in [0.15, 0.2) is 0 Å². The lowest BCUT2D eigenvalue weighted by molar-refractivity contribution is -0.148. The van der Waals surface area contributed by atoms with Crippen LogP contribution in [0.25, 0.3) is 10.4 Å². The van der Waals surface area contributed by atoms with E-state index in [9.17, 15) is 9.59 Å². The molecule has 7 heteroatoms. The summed E-state index contributed by atoms with van der Waals surface area (Å²) in [6, 6.07) is -0.552. The standard InChI is InChI=1S/C15H25N3O4/c1-8(2)10(14(19)21-5)6-12(17-18-16)13-7-11(9(3)4)15(20)22-13/h8-13H,6-7H2,1-5H3/t10-,11?,12-,13-/m0/s1. The van der Waals surface area contributed by atoms with Crippen LogP contribution in [0.3, 0.4) is 0 Å². The minimum atomic E-state index is -0.552. The molecule has 1 rings (SSSR count). The second-order valence-electron chi connectivity index (χ2n) is 6.44. The van der Waals surface area contributed by atoms with Crippen LogP contribution in [-0.4, -0.2) is 31.2 Å². The quantitative estimate of drug-likeness (QED) is 0.312. The Morgan fingerprint density at radius 3 is 2.50 bits per heavy atom. The zero-order valence-corrected chi connectivity index (χ0v) is 13.9.